The third-order valence-electron chi connectivity index (χ3n) is 5.79. The van der Waals surface area contributed by atoms with Crippen molar-refractivity contribution < 1.29 is 5.11 Å². The van der Waals surface area contributed by atoms with Crippen LogP contribution in [0.15, 0.2) is 29.2 Å². The lowest BCUT2D eigenvalue weighted by Crippen LogP contribution is -2.35. The number of nitrogens with zero attached hydrogens (tertiary/aromatic N) is 5. The summed E-state index contributed by atoms with van der Waals surface area (Å²) in [6.07, 6.45) is 4.33. The predicted octanol–water partition coefficient (Wildman–Crippen LogP) is 4.09. The molecule has 0 aliphatic carbocycles. The first-order valence-corrected chi connectivity index (χ1v) is 12.3. The van der Waals surface area contributed by atoms with Crippen molar-refractivity contribution in [3.8, 4) is 0 Å². The summed E-state index contributed by atoms with van der Waals surface area (Å²) in [7, 11) is 1.75. The zero-order valence-electron chi connectivity index (χ0n) is 18.5. The summed E-state index contributed by atoms with van der Waals surface area (Å²) in [6.45, 7) is 5.77. The monoisotopic (exact) mass is 570 g/mol. The van der Waals surface area contributed by atoms with Crippen molar-refractivity contribution in [2.45, 2.75) is 49.2 Å². The molecule has 172 valence electrons. The SMILES string of the molecule is Cn1c(=O)n(CCC(C)(C)O)c2cc(Nc3nc(N4CCC(I)CC4)ncc3Cl)ccc21. The molecule has 2 aromatic heterocycles. The molecule has 0 bridgehead atoms. The first-order valence-electron chi connectivity index (χ1n) is 10.7. The molecule has 0 atom stereocenters. The highest BCUT2D eigenvalue weighted by molar-refractivity contribution is 14.1. The van der Waals surface area contributed by atoms with Gasteiger partial charge >= 0.3 is 5.69 Å². The van der Waals surface area contributed by atoms with Crippen molar-refractivity contribution in [3.05, 3.63) is 39.9 Å². The maximum atomic E-state index is 12.7. The Balaban J connectivity index is 1.63. The van der Waals surface area contributed by atoms with E-state index in [-0.39, 0.29) is 5.69 Å². The Kier molecular flexibility index (Phi) is 6.69. The lowest BCUT2D eigenvalue weighted by Gasteiger charge is -2.29. The predicted molar refractivity (Wildman–Crippen MR) is 138 cm³/mol. The van der Waals surface area contributed by atoms with Crippen LogP contribution in [0.5, 0.6) is 0 Å². The molecule has 32 heavy (non-hydrogen) atoms. The van der Waals surface area contributed by atoms with Crippen molar-refractivity contribution in [2.75, 3.05) is 23.3 Å². The fourth-order valence-electron chi connectivity index (χ4n) is 3.87. The molecule has 3 aromatic rings. The van der Waals surface area contributed by atoms with Crippen LogP contribution in [-0.4, -0.2) is 46.8 Å². The minimum Gasteiger partial charge on any atom is -0.390 e. The van der Waals surface area contributed by atoms with Crippen molar-refractivity contribution in [3.63, 3.8) is 0 Å². The van der Waals surface area contributed by atoms with E-state index in [0.717, 1.165) is 42.7 Å². The highest BCUT2D eigenvalue weighted by Crippen LogP contribution is 2.28. The molecule has 1 saturated heterocycles. The molecule has 8 nitrogen and oxygen atoms in total. The van der Waals surface area contributed by atoms with E-state index in [1.807, 2.05) is 18.2 Å². The van der Waals surface area contributed by atoms with E-state index < -0.39 is 5.60 Å². The molecular weight excluding hydrogens is 543 g/mol. The molecule has 10 heteroatoms. The van der Waals surface area contributed by atoms with Crippen molar-refractivity contribution in [1.82, 2.24) is 19.1 Å². The quantitative estimate of drug-likeness (QED) is 0.343. The highest BCUT2D eigenvalue weighted by atomic mass is 127. The Labute approximate surface area is 205 Å². The number of nitrogens with one attached hydrogen (secondary N) is 1. The Bertz CT molecular complexity index is 1180. The Hall–Kier alpha value is -1.85. The summed E-state index contributed by atoms with van der Waals surface area (Å²) < 4.78 is 4.01. The van der Waals surface area contributed by atoms with E-state index in [4.69, 9.17) is 11.6 Å². The summed E-state index contributed by atoms with van der Waals surface area (Å²) in [4.78, 5) is 24.0. The van der Waals surface area contributed by atoms with Crippen LogP contribution in [0.25, 0.3) is 11.0 Å². The fraction of sp³-hybridized carbons (Fsp3) is 0.500. The van der Waals surface area contributed by atoms with Crippen LogP contribution in [0.1, 0.15) is 33.1 Å². The van der Waals surface area contributed by atoms with Crippen LogP contribution in [0, 0.1) is 0 Å². The van der Waals surface area contributed by atoms with Gasteiger partial charge in [0.2, 0.25) is 5.95 Å². The number of hydrogen-bond donors (Lipinski definition) is 2. The second-order valence-corrected chi connectivity index (χ2v) is 11.1. The minimum atomic E-state index is -0.853. The van der Waals surface area contributed by atoms with Gasteiger partial charge in [0.1, 0.15) is 5.02 Å². The summed E-state index contributed by atoms with van der Waals surface area (Å²) in [5.74, 6) is 1.21. The van der Waals surface area contributed by atoms with Gasteiger partial charge in [-0.05, 0) is 51.3 Å². The second-order valence-electron chi connectivity index (χ2n) is 8.91. The Morgan fingerprint density at radius 3 is 2.69 bits per heavy atom. The van der Waals surface area contributed by atoms with Gasteiger partial charge < -0.3 is 15.3 Å². The number of fused-ring (bicyclic) bond motifs is 1. The van der Waals surface area contributed by atoms with E-state index in [9.17, 15) is 9.90 Å². The molecule has 1 aliphatic rings. The van der Waals surface area contributed by atoms with Crippen LogP contribution in [0.4, 0.5) is 17.5 Å². The number of aromatic nitrogens is 4. The van der Waals surface area contributed by atoms with Crippen molar-refractivity contribution in [2.24, 2.45) is 7.05 Å². The van der Waals surface area contributed by atoms with Crippen LogP contribution >= 0.6 is 34.2 Å². The molecule has 1 aromatic carbocycles. The molecule has 1 fully saturated rings. The lowest BCUT2D eigenvalue weighted by molar-refractivity contribution is 0.0662. The first kappa shape index (κ1) is 23.3. The van der Waals surface area contributed by atoms with E-state index >= 15 is 0 Å². The van der Waals surface area contributed by atoms with Crippen molar-refractivity contribution in [1.29, 1.82) is 0 Å². The van der Waals surface area contributed by atoms with E-state index in [1.54, 1.807) is 36.2 Å². The maximum Gasteiger partial charge on any atom is 0.328 e. The molecule has 0 radical (unpaired) electrons. The van der Waals surface area contributed by atoms with Gasteiger partial charge in [-0.3, -0.25) is 9.13 Å². The number of aryl methyl sites for hydroxylation is 2. The third-order valence-corrected chi connectivity index (χ3v) is 7.32. The van der Waals surface area contributed by atoms with Gasteiger partial charge in [0.25, 0.3) is 0 Å². The maximum absolute atomic E-state index is 12.7. The zero-order valence-corrected chi connectivity index (χ0v) is 21.4. The molecular formula is C22H28ClIN6O2. The van der Waals surface area contributed by atoms with Gasteiger partial charge in [-0.25, -0.2) is 9.78 Å². The number of halogens is 2. The van der Waals surface area contributed by atoms with Gasteiger partial charge in [-0.1, -0.05) is 34.2 Å². The number of rotatable bonds is 6. The van der Waals surface area contributed by atoms with Gasteiger partial charge in [-0.2, -0.15) is 4.98 Å². The zero-order chi connectivity index (χ0) is 23.0. The van der Waals surface area contributed by atoms with Gasteiger partial charge in [0.15, 0.2) is 5.82 Å². The second kappa shape index (κ2) is 9.18. The molecule has 4 rings (SSSR count). The minimum absolute atomic E-state index is 0.109. The normalized spacial score (nSPS) is 15.5. The van der Waals surface area contributed by atoms with Crippen LogP contribution in [0.3, 0.4) is 0 Å². The molecule has 2 N–H and O–H groups in total. The molecule has 0 amide bonds. The number of imidazole rings is 1. The summed E-state index contributed by atoms with van der Waals surface area (Å²) in [6, 6.07) is 5.73. The fourth-order valence-corrected chi connectivity index (χ4v) is 4.57. The number of alkyl halides is 1. The molecule has 1 aliphatic heterocycles. The number of hydrogen-bond acceptors (Lipinski definition) is 6. The smallest absolute Gasteiger partial charge is 0.328 e. The number of piperidine rings is 1. The highest BCUT2D eigenvalue weighted by Gasteiger charge is 2.20. The molecule has 0 saturated carbocycles. The molecule has 0 unspecified atom stereocenters. The summed E-state index contributed by atoms with van der Waals surface area (Å²) >= 11 is 8.89. The van der Waals surface area contributed by atoms with Gasteiger partial charge in [0.05, 0.1) is 22.8 Å². The topological polar surface area (TPSA) is 88.2 Å². The standard InChI is InChI=1S/C22H28ClIN6O2/c1-22(2,32)8-11-30-18-12-15(4-5-17(18)28(3)21(30)31)26-19-16(23)13-25-20(27-19)29-9-6-14(24)7-10-29/h4-5,12-14,32H,6-11H2,1-3H3,(H,25,26,27). The third kappa shape index (κ3) is 5.04. The first-order chi connectivity index (χ1) is 15.1. The van der Waals surface area contributed by atoms with Crippen molar-refractivity contribution >= 4 is 62.7 Å². The van der Waals surface area contributed by atoms with Gasteiger partial charge in [-0.15, -0.1) is 0 Å². The number of aliphatic hydroxyl groups is 1. The number of anilines is 3. The van der Waals surface area contributed by atoms with E-state index in [0.29, 0.717) is 33.7 Å². The average Bonchev–Trinajstić information content (AvgIpc) is 2.98. The Morgan fingerprint density at radius 1 is 1.28 bits per heavy atom. The van der Waals surface area contributed by atoms with Crippen LogP contribution in [0.2, 0.25) is 5.02 Å². The molecule has 3 heterocycles. The summed E-state index contributed by atoms with van der Waals surface area (Å²) in [5, 5.41) is 13.8. The summed E-state index contributed by atoms with van der Waals surface area (Å²) in [5.41, 5.74) is 1.43. The van der Waals surface area contributed by atoms with Crippen LogP contribution < -0.4 is 15.9 Å². The number of benzene rings is 1. The molecule has 0 spiro atoms. The Morgan fingerprint density at radius 2 is 2.00 bits per heavy atom. The average molecular weight is 571 g/mol. The van der Waals surface area contributed by atoms with E-state index in [2.05, 4.69) is 42.8 Å². The van der Waals surface area contributed by atoms with E-state index in [1.165, 1.54) is 0 Å². The van der Waals surface area contributed by atoms with Crippen LogP contribution in [-0.2, 0) is 13.6 Å². The van der Waals surface area contributed by atoms with Gasteiger partial charge in [0, 0.05) is 36.3 Å². The lowest BCUT2D eigenvalue weighted by atomic mass is 10.1. The largest absolute Gasteiger partial charge is 0.390 e.